The zero-order chi connectivity index (χ0) is 11.4. The van der Waals surface area contributed by atoms with E-state index in [0.29, 0.717) is 20.0 Å². The molecule has 0 saturated heterocycles. The molecule has 1 aromatic rings. The van der Waals surface area contributed by atoms with E-state index >= 15 is 0 Å². The van der Waals surface area contributed by atoms with Crippen molar-refractivity contribution in [1.82, 2.24) is 0 Å². The van der Waals surface area contributed by atoms with E-state index in [1.54, 1.807) is 0 Å². The van der Waals surface area contributed by atoms with Gasteiger partial charge in [0.05, 0.1) is 0 Å². The van der Waals surface area contributed by atoms with Gasteiger partial charge in [0.15, 0.2) is 5.52 Å². The number of rotatable bonds is 4. The molecule has 1 atom stereocenters. The van der Waals surface area contributed by atoms with E-state index in [1.807, 2.05) is 32.0 Å². The van der Waals surface area contributed by atoms with E-state index in [1.165, 1.54) is 0 Å². The Hall–Kier alpha value is -0.0826. The van der Waals surface area contributed by atoms with Gasteiger partial charge in [0.25, 0.3) is 0 Å². The van der Waals surface area contributed by atoms with Crippen LogP contribution in [0.3, 0.4) is 0 Å². The molecule has 1 unspecified atom stereocenters. The molecule has 83 valence electrons. The molecule has 0 spiro atoms. The maximum absolute atomic E-state index is 12.0. The van der Waals surface area contributed by atoms with Gasteiger partial charge < -0.3 is 0 Å². The first kappa shape index (κ1) is 15.9. The van der Waals surface area contributed by atoms with Crippen molar-refractivity contribution in [3.8, 4) is 0 Å². The fourth-order valence-corrected chi connectivity index (χ4v) is 2.72. The summed E-state index contributed by atoms with van der Waals surface area (Å²) in [5, 5.41) is 0. The van der Waals surface area contributed by atoms with E-state index in [9.17, 15) is 4.79 Å². The third-order valence-electron chi connectivity index (χ3n) is 2.38. The Morgan fingerprint density at radius 3 is 2.19 bits per heavy atom. The number of benzene rings is 1. The number of hydrogen-bond acceptors (Lipinski definition) is 1. The van der Waals surface area contributed by atoms with Crippen molar-refractivity contribution in [3.05, 3.63) is 34.9 Å². The van der Waals surface area contributed by atoms with Crippen LogP contribution in [0.15, 0.2) is 18.2 Å². The Kier molecular flexibility index (Phi) is 7.25. The predicted octanol–water partition coefficient (Wildman–Crippen LogP) is 3.40. The Morgan fingerprint density at radius 2 is 1.75 bits per heavy atom. The maximum Gasteiger partial charge on any atom is 0.181 e. The topological polar surface area (TPSA) is 17.1 Å². The van der Waals surface area contributed by atoms with Crippen molar-refractivity contribution in [3.63, 3.8) is 0 Å². The molecule has 1 rings (SSSR count). The van der Waals surface area contributed by atoms with Crippen molar-refractivity contribution < 1.29 is 4.79 Å². The summed E-state index contributed by atoms with van der Waals surface area (Å²) in [4.78, 5) is 12.0. The molecule has 3 heteroatoms. The Morgan fingerprint density at radius 1 is 1.25 bits per heavy atom. The standard InChI is InChI=1S/C13H19OP.Li/c1-9(2)8-15-13(14)12-10(3)6-5-7-11(12)4;/h5-7,9,15H,8H2,1-4H3;. The van der Waals surface area contributed by atoms with Gasteiger partial charge in [-0.05, 0) is 45.6 Å². The first-order valence-electron chi connectivity index (χ1n) is 5.36. The summed E-state index contributed by atoms with van der Waals surface area (Å²) < 4.78 is 0. The minimum Gasteiger partial charge on any atom is -0.289 e. The molecule has 1 aromatic carbocycles. The summed E-state index contributed by atoms with van der Waals surface area (Å²) in [5.41, 5.74) is 3.48. The van der Waals surface area contributed by atoms with Crippen LogP contribution in [0.2, 0.25) is 0 Å². The van der Waals surface area contributed by atoms with E-state index in [-0.39, 0.29) is 18.9 Å². The Bertz CT molecular complexity index is 341. The zero-order valence-corrected chi connectivity index (χ0v) is 11.9. The summed E-state index contributed by atoms with van der Waals surface area (Å²) in [6, 6.07) is 6.03. The van der Waals surface area contributed by atoms with E-state index in [4.69, 9.17) is 0 Å². The molecule has 0 saturated carbocycles. The second kappa shape index (κ2) is 7.28. The molecule has 0 N–H and O–H groups in total. The monoisotopic (exact) mass is 229 g/mol. The summed E-state index contributed by atoms with van der Waals surface area (Å²) >= 11 is 0. The minimum absolute atomic E-state index is 0. The van der Waals surface area contributed by atoms with E-state index < -0.39 is 0 Å². The molecule has 0 bridgehead atoms. The molecular weight excluding hydrogens is 210 g/mol. The van der Waals surface area contributed by atoms with Gasteiger partial charge >= 0.3 is 0 Å². The van der Waals surface area contributed by atoms with Crippen LogP contribution < -0.4 is 0 Å². The third kappa shape index (κ3) is 4.42. The molecule has 0 aliphatic carbocycles. The van der Waals surface area contributed by atoms with E-state index in [2.05, 4.69) is 13.8 Å². The van der Waals surface area contributed by atoms with Crippen LogP contribution in [-0.2, 0) is 0 Å². The van der Waals surface area contributed by atoms with Crippen molar-refractivity contribution in [1.29, 1.82) is 0 Å². The third-order valence-corrected chi connectivity index (χ3v) is 3.97. The largest absolute Gasteiger partial charge is 0.289 e. The molecule has 1 radical (unpaired) electrons. The van der Waals surface area contributed by atoms with Crippen molar-refractivity contribution in [2.75, 3.05) is 6.16 Å². The van der Waals surface area contributed by atoms with Gasteiger partial charge in [0, 0.05) is 24.4 Å². The van der Waals surface area contributed by atoms with Crippen LogP contribution in [0.1, 0.15) is 35.3 Å². The molecule has 16 heavy (non-hydrogen) atoms. The molecule has 0 aromatic heterocycles. The Balaban J connectivity index is 0.00000225. The number of aryl methyl sites for hydroxylation is 2. The fraction of sp³-hybridized carbons (Fsp3) is 0.462. The molecule has 0 aliphatic rings. The average Bonchev–Trinajstić information content (AvgIpc) is 2.14. The van der Waals surface area contributed by atoms with Crippen LogP contribution in [0.25, 0.3) is 0 Å². The molecule has 0 amide bonds. The number of hydrogen-bond donors (Lipinski definition) is 0. The minimum atomic E-state index is 0. The fourth-order valence-electron chi connectivity index (χ4n) is 1.56. The van der Waals surface area contributed by atoms with Crippen molar-refractivity contribution >= 4 is 33.0 Å². The van der Waals surface area contributed by atoms with Gasteiger partial charge in [0.2, 0.25) is 0 Å². The summed E-state index contributed by atoms with van der Waals surface area (Å²) in [5.74, 6) is 0.608. The van der Waals surface area contributed by atoms with Gasteiger partial charge in [0.1, 0.15) is 0 Å². The second-order valence-electron chi connectivity index (χ2n) is 4.37. The summed E-state index contributed by atoms with van der Waals surface area (Å²) in [6.45, 7) is 8.34. The quantitative estimate of drug-likeness (QED) is 0.571. The van der Waals surface area contributed by atoms with Crippen LogP contribution in [0, 0.1) is 19.8 Å². The summed E-state index contributed by atoms with van der Waals surface area (Å²) in [6.07, 6.45) is 1.01. The number of carbonyl (C=O) groups is 1. The Labute approximate surface area is 112 Å². The average molecular weight is 229 g/mol. The first-order chi connectivity index (χ1) is 7.02. The molecule has 1 nitrogen and oxygen atoms in total. The van der Waals surface area contributed by atoms with Gasteiger partial charge in [-0.25, -0.2) is 0 Å². The van der Waals surface area contributed by atoms with Crippen LogP contribution in [0.4, 0.5) is 0 Å². The smallest absolute Gasteiger partial charge is 0.181 e. The second-order valence-corrected chi connectivity index (χ2v) is 5.59. The van der Waals surface area contributed by atoms with Gasteiger partial charge in [-0.3, -0.25) is 4.79 Å². The van der Waals surface area contributed by atoms with Crippen LogP contribution in [0.5, 0.6) is 0 Å². The maximum atomic E-state index is 12.0. The van der Waals surface area contributed by atoms with Crippen molar-refractivity contribution in [2.24, 2.45) is 5.92 Å². The number of carbonyl (C=O) groups excluding carboxylic acids is 1. The van der Waals surface area contributed by atoms with Gasteiger partial charge in [-0.2, -0.15) is 0 Å². The van der Waals surface area contributed by atoms with E-state index in [0.717, 1.165) is 22.9 Å². The van der Waals surface area contributed by atoms with Gasteiger partial charge in [-0.1, -0.05) is 32.0 Å². The van der Waals surface area contributed by atoms with Gasteiger partial charge in [-0.15, -0.1) is 0 Å². The van der Waals surface area contributed by atoms with Crippen LogP contribution in [-0.4, -0.2) is 30.5 Å². The SMILES string of the molecule is Cc1cccc(C)c1C(=O)PCC(C)C.[Li]. The molecule has 0 aliphatic heterocycles. The van der Waals surface area contributed by atoms with Crippen molar-refractivity contribution in [2.45, 2.75) is 27.7 Å². The normalized spacial score (nSPS) is 10.8. The predicted molar refractivity (Wildman–Crippen MR) is 74.0 cm³/mol. The molecule has 0 heterocycles. The van der Waals surface area contributed by atoms with Crippen LogP contribution >= 0.6 is 8.58 Å². The molecule has 0 fully saturated rings. The first-order valence-corrected chi connectivity index (χ1v) is 6.57. The summed E-state index contributed by atoms with van der Waals surface area (Å²) in [7, 11) is 0.418. The molecular formula is C13H19LiOP. The zero-order valence-electron chi connectivity index (χ0n) is 10.9.